The summed E-state index contributed by atoms with van der Waals surface area (Å²) in [5.74, 6) is 0.427. The van der Waals surface area contributed by atoms with Crippen molar-refractivity contribution in [2.24, 2.45) is 0 Å². The van der Waals surface area contributed by atoms with Gasteiger partial charge in [0.1, 0.15) is 11.4 Å². The molecule has 2 N–H and O–H groups in total. The summed E-state index contributed by atoms with van der Waals surface area (Å²) in [6.07, 6.45) is 0. The maximum atomic E-state index is 13.0. The van der Waals surface area contributed by atoms with E-state index < -0.39 is 0 Å². The second-order valence-electron chi connectivity index (χ2n) is 6.78. The molecule has 3 aromatic heterocycles. The van der Waals surface area contributed by atoms with Crippen molar-refractivity contribution in [2.45, 2.75) is 13.5 Å². The Morgan fingerprint density at radius 1 is 1.03 bits per heavy atom. The normalized spacial score (nSPS) is 10.8. The van der Waals surface area contributed by atoms with Gasteiger partial charge in [-0.25, -0.2) is 4.98 Å². The fourth-order valence-corrected chi connectivity index (χ4v) is 4.87. The maximum absolute atomic E-state index is 13.0. The Kier molecular flexibility index (Phi) is 6.45. The van der Waals surface area contributed by atoms with Crippen LogP contribution in [0.2, 0.25) is 0 Å². The molecule has 1 aromatic carbocycles. The SMILES string of the molecule is COCc1nc(OC)c2c(C)c(C(=O)Nc3cccc(NC(=O)c4cccs4)c3)sc2n1. The van der Waals surface area contributed by atoms with Crippen LogP contribution in [0.3, 0.4) is 0 Å². The van der Waals surface area contributed by atoms with Gasteiger partial charge < -0.3 is 20.1 Å². The minimum Gasteiger partial charge on any atom is -0.480 e. The molecule has 0 saturated carbocycles. The first-order valence-electron chi connectivity index (χ1n) is 9.59. The Balaban J connectivity index is 1.57. The first kappa shape index (κ1) is 21.9. The van der Waals surface area contributed by atoms with Gasteiger partial charge in [-0.2, -0.15) is 4.98 Å². The number of amides is 2. The zero-order valence-corrected chi connectivity index (χ0v) is 19.2. The van der Waals surface area contributed by atoms with Crippen LogP contribution in [0.1, 0.15) is 30.7 Å². The highest BCUT2D eigenvalue weighted by Crippen LogP contribution is 2.35. The summed E-state index contributed by atoms with van der Waals surface area (Å²) in [5, 5.41) is 8.29. The number of hydrogen-bond donors (Lipinski definition) is 2. The lowest BCUT2D eigenvalue weighted by Crippen LogP contribution is -2.13. The van der Waals surface area contributed by atoms with E-state index in [1.54, 1.807) is 37.4 Å². The number of hydrogen-bond acceptors (Lipinski definition) is 8. The van der Waals surface area contributed by atoms with E-state index in [1.165, 1.54) is 29.8 Å². The highest BCUT2D eigenvalue weighted by molar-refractivity contribution is 7.20. The van der Waals surface area contributed by atoms with Gasteiger partial charge in [0.2, 0.25) is 5.88 Å². The zero-order valence-electron chi connectivity index (χ0n) is 17.6. The lowest BCUT2D eigenvalue weighted by Gasteiger charge is -2.08. The van der Waals surface area contributed by atoms with Crippen LogP contribution in [0.25, 0.3) is 10.2 Å². The molecule has 10 heteroatoms. The molecule has 0 aliphatic rings. The molecule has 0 spiro atoms. The van der Waals surface area contributed by atoms with Crippen molar-refractivity contribution in [3.05, 3.63) is 62.9 Å². The van der Waals surface area contributed by atoms with Gasteiger partial charge in [0.05, 0.1) is 22.3 Å². The summed E-state index contributed by atoms with van der Waals surface area (Å²) >= 11 is 2.63. The Morgan fingerprint density at radius 3 is 2.44 bits per heavy atom. The standard InChI is InChI=1S/C22H20N4O4S2/c1-12-17-21(30-3)25-16(11-29-2)26-22(17)32-18(12)20(28)24-14-7-4-6-13(10-14)23-19(27)15-8-5-9-31-15/h4-10H,11H2,1-3H3,(H,23,27)(H,24,28). The van der Waals surface area contributed by atoms with Gasteiger partial charge in [-0.15, -0.1) is 22.7 Å². The number of carbonyl (C=O) groups is 2. The summed E-state index contributed by atoms with van der Waals surface area (Å²) in [6, 6.07) is 10.6. The molecule has 0 bridgehead atoms. The fourth-order valence-electron chi connectivity index (χ4n) is 3.17. The van der Waals surface area contributed by atoms with Crippen molar-refractivity contribution < 1.29 is 19.1 Å². The van der Waals surface area contributed by atoms with Crippen molar-refractivity contribution in [1.29, 1.82) is 0 Å². The molecular formula is C22H20N4O4S2. The molecule has 32 heavy (non-hydrogen) atoms. The van der Waals surface area contributed by atoms with Crippen molar-refractivity contribution in [3.8, 4) is 5.88 Å². The largest absolute Gasteiger partial charge is 0.480 e. The molecule has 0 saturated heterocycles. The number of benzene rings is 1. The zero-order chi connectivity index (χ0) is 22.7. The monoisotopic (exact) mass is 468 g/mol. The predicted octanol–water partition coefficient (Wildman–Crippen LogP) is 4.72. The predicted molar refractivity (Wildman–Crippen MR) is 126 cm³/mol. The molecule has 4 rings (SSSR count). The van der Waals surface area contributed by atoms with Crippen LogP contribution in [-0.2, 0) is 11.3 Å². The molecule has 8 nitrogen and oxygen atoms in total. The average Bonchev–Trinajstić information content (AvgIpc) is 3.42. The Morgan fingerprint density at radius 2 is 1.78 bits per heavy atom. The number of thiophene rings is 2. The third-order valence-corrected chi connectivity index (χ3v) is 6.65. The van der Waals surface area contributed by atoms with Crippen LogP contribution in [0, 0.1) is 6.92 Å². The van der Waals surface area contributed by atoms with Gasteiger partial charge in [-0.05, 0) is 42.1 Å². The minimum absolute atomic E-state index is 0.193. The Hall–Kier alpha value is -3.34. The van der Waals surface area contributed by atoms with E-state index in [-0.39, 0.29) is 18.4 Å². The van der Waals surface area contributed by atoms with Gasteiger partial charge >= 0.3 is 0 Å². The van der Waals surface area contributed by atoms with Crippen LogP contribution in [0.15, 0.2) is 41.8 Å². The highest BCUT2D eigenvalue weighted by Gasteiger charge is 2.21. The number of carbonyl (C=O) groups excluding carboxylic acids is 2. The molecule has 0 atom stereocenters. The molecule has 0 unspecified atom stereocenters. The first-order valence-corrected chi connectivity index (χ1v) is 11.3. The minimum atomic E-state index is -0.275. The van der Waals surface area contributed by atoms with Gasteiger partial charge in [-0.1, -0.05) is 12.1 Å². The second-order valence-corrected chi connectivity index (χ2v) is 8.73. The van der Waals surface area contributed by atoms with Crippen molar-refractivity contribution in [2.75, 3.05) is 24.9 Å². The maximum Gasteiger partial charge on any atom is 0.266 e. The van der Waals surface area contributed by atoms with E-state index in [1.807, 2.05) is 18.4 Å². The fraction of sp³-hybridized carbons (Fsp3) is 0.182. The van der Waals surface area contributed by atoms with Gasteiger partial charge in [0.25, 0.3) is 11.8 Å². The van der Waals surface area contributed by atoms with E-state index in [9.17, 15) is 9.59 Å². The molecule has 2 amide bonds. The van der Waals surface area contributed by atoms with Crippen molar-refractivity contribution in [3.63, 3.8) is 0 Å². The molecular weight excluding hydrogens is 448 g/mol. The summed E-state index contributed by atoms with van der Waals surface area (Å²) in [7, 11) is 3.10. The van der Waals surface area contributed by atoms with Gasteiger partial charge in [0.15, 0.2) is 5.82 Å². The Labute approximate surface area is 192 Å². The third kappa shape index (κ3) is 4.47. The van der Waals surface area contributed by atoms with Crippen LogP contribution in [-0.4, -0.2) is 36.0 Å². The average molecular weight is 469 g/mol. The number of nitrogens with one attached hydrogen (secondary N) is 2. The molecule has 0 aliphatic carbocycles. The number of aromatic nitrogens is 2. The molecule has 0 aliphatic heterocycles. The van der Waals surface area contributed by atoms with Gasteiger partial charge in [-0.3, -0.25) is 9.59 Å². The summed E-state index contributed by atoms with van der Waals surface area (Å²) in [4.78, 5) is 36.0. The molecule has 3 heterocycles. The molecule has 0 radical (unpaired) electrons. The molecule has 4 aromatic rings. The molecule has 0 fully saturated rings. The van der Waals surface area contributed by atoms with E-state index in [2.05, 4.69) is 20.6 Å². The number of nitrogens with zero attached hydrogens (tertiary/aromatic N) is 2. The Bertz CT molecular complexity index is 1280. The number of anilines is 2. The number of methoxy groups -OCH3 is 2. The number of ether oxygens (including phenoxy) is 2. The lowest BCUT2D eigenvalue weighted by molar-refractivity contribution is 0.102. The first-order chi connectivity index (χ1) is 15.5. The van der Waals surface area contributed by atoms with E-state index in [0.29, 0.717) is 43.1 Å². The van der Waals surface area contributed by atoms with Crippen molar-refractivity contribution >= 4 is 56.1 Å². The van der Waals surface area contributed by atoms with Crippen LogP contribution in [0.5, 0.6) is 5.88 Å². The second kappa shape index (κ2) is 9.43. The van der Waals surface area contributed by atoms with Crippen LogP contribution < -0.4 is 15.4 Å². The number of rotatable bonds is 7. The lowest BCUT2D eigenvalue weighted by atomic mass is 10.2. The smallest absolute Gasteiger partial charge is 0.266 e. The van der Waals surface area contributed by atoms with Crippen molar-refractivity contribution in [1.82, 2.24) is 9.97 Å². The number of fused-ring (bicyclic) bond motifs is 1. The van der Waals surface area contributed by atoms with Crippen LogP contribution in [0.4, 0.5) is 11.4 Å². The quantitative estimate of drug-likeness (QED) is 0.407. The topological polar surface area (TPSA) is 102 Å². The van der Waals surface area contributed by atoms with Gasteiger partial charge in [0, 0.05) is 18.5 Å². The summed E-state index contributed by atoms with van der Waals surface area (Å²) in [6.45, 7) is 2.09. The van der Waals surface area contributed by atoms with E-state index >= 15 is 0 Å². The third-order valence-electron chi connectivity index (χ3n) is 4.60. The number of aryl methyl sites for hydroxylation is 1. The van der Waals surface area contributed by atoms with E-state index in [0.717, 1.165) is 5.56 Å². The summed E-state index contributed by atoms with van der Waals surface area (Å²) < 4.78 is 10.5. The summed E-state index contributed by atoms with van der Waals surface area (Å²) in [5.41, 5.74) is 1.89. The van der Waals surface area contributed by atoms with E-state index in [4.69, 9.17) is 9.47 Å². The van der Waals surface area contributed by atoms with Crippen LogP contribution >= 0.6 is 22.7 Å². The molecule has 164 valence electrons. The highest BCUT2D eigenvalue weighted by atomic mass is 32.1.